The van der Waals surface area contributed by atoms with Gasteiger partial charge in [-0.25, -0.2) is 0 Å². The maximum Gasteiger partial charge on any atom is 0.429 e. The Kier molecular flexibility index (Phi) is 1.66. The molecule has 0 spiro atoms. The first-order valence-corrected chi connectivity index (χ1v) is 2.94. The number of ether oxygens (including phenoxy) is 1. The Morgan fingerprint density at radius 2 is 1.25 bits per heavy atom. The van der Waals surface area contributed by atoms with Gasteiger partial charge in [0.05, 0.1) is 0 Å². The minimum Gasteiger partial charge on any atom is -0.349 e. The predicted octanol–water partition coefficient (Wildman–Crippen LogP) is 2.27. The van der Waals surface area contributed by atoms with Crippen LogP contribution in [0.3, 0.4) is 0 Å². The molecule has 1 fully saturated rings. The first kappa shape index (κ1) is 9.63. The Morgan fingerprint density at radius 3 is 1.25 bits per heavy atom. The summed E-state index contributed by atoms with van der Waals surface area (Å²) in [6.45, 7) is 0.737. The van der Waals surface area contributed by atoms with Crippen LogP contribution in [-0.4, -0.2) is 24.1 Å². The van der Waals surface area contributed by atoms with Crippen molar-refractivity contribution >= 4 is 0 Å². The molecule has 0 radical (unpaired) electrons. The van der Waals surface area contributed by atoms with Crippen molar-refractivity contribution in [2.75, 3.05) is 0 Å². The molecule has 0 amide bonds. The van der Waals surface area contributed by atoms with Crippen molar-refractivity contribution in [3.05, 3.63) is 0 Å². The fraction of sp³-hybridized carbons (Fsp3) is 1.00. The Balaban J connectivity index is 2.96. The van der Waals surface area contributed by atoms with Gasteiger partial charge in [0.25, 0.3) is 5.60 Å². The first-order valence-electron chi connectivity index (χ1n) is 2.94. The molecule has 1 rings (SSSR count). The third-order valence-electron chi connectivity index (χ3n) is 1.72. The van der Waals surface area contributed by atoms with E-state index in [4.69, 9.17) is 0 Å². The van der Waals surface area contributed by atoms with E-state index in [0.29, 0.717) is 0 Å². The summed E-state index contributed by atoms with van der Waals surface area (Å²) in [5.41, 5.74) is -3.92. The highest BCUT2D eigenvalue weighted by Crippen LogP contribution is 2.58. The molecule has 0 N–H and O–H groups in total. The van der Waals surface area contributed by atoms with E-state index in [0.717, 1.165) is 6.92 Å². The average molecular weight is 194 g/mol. The summed E-state index contributed by atoms with van der Waals surface area (Å²) in [6, 6.07) is 0. The second kappa shape index (κ2) is 2.07. The van der Waals surface area contributed by atoms with Crippen LogP contribution in [0.1, 0.15) is 6.92 Å². The predicted molar refractivity (Wildman–Crippen MR) is 25.4 cm³/mol. The van der Waals surface area contributed by atoms with Gasteiger partial charge in [0.15, 0.2) is 0 Å². The van der Waals surface area contributed by atoms with Gasteiger partial charge in [0.2, 0.25) is 0 Å². The van der Waals surface area contributed by atoms with E-state index in [9.17, 15) is 26.3 Å². The van der Waals surface area contributed by atoms with Gasteiger partial charge in [0.1, 0.15) is 6.10 Å². The van der Waals surface area contributed by atoms with E-state index < -0.39 is 24.1 Å². The normalized spacial score (nSPS) is 28.8. The van der Waals surface area contributed by atoms with Gasteiger partial charge < -0.3 is 4.74 Å². The van der Waals surface area contributed by atoms with Crippen LogP contribution in [0.2, 0.25) is 0 Å². The van der Waals surface area contributed by atoms with E-state index in [1.807, 2.05) is 0 Å². The Labute approximate surface area is 63.3 Å². The monoisotopic (exact) mass is 194 g/mol. The zero-order chi connectivity index (χ0) is 9.78. The molecule has 1 aliphatic heterocycles. The molecule has 1 heterocycles. The lowest BCUT2D eigenvalue weighted by atomic mass is 10.1. The van der Waals surface area contributed by atoms with Crippen molar-refractivity contribution in [3.8, 4) is 0 Å². The number of halogens is 6. The quantitative estimate of drug-likeness (QED) is 0.425. The van der Waals surface area contributed by atoms with Gasteiger partial charge >= 0.3 is 12.4 Å². The maximum absolute atomic E-state index is 11.8. The summed E-state index contributed by atoms with van der Waals surface area (Å²) < 4.78 is 74.4. The van der Waals surface area contributed by atoms with Crippen LogP contribution in [0, 0.1) is 0 Å². The Bertz CT molecular complexity index is 177. The van der Waals surface area contributed by atoms with E-state index >= 15 is 0 Å². The summed E-state index contributed by atoms with van der Waals surface area (Å²) in [4.78, 5) is 0. The average Bonchev–Trinajstić information content (AvgIpc) is 2.36. The molecule has 0 aromatic rings. The van der Waals surface area contributed by atoms with Crippen LogP contribution >= 0.6 is 0 Å². The fourth-order valence-electron chi connectivity index (χ4n) is 1.00. The topological polar surface area (TPSA) is 12.5 Å². The van der Waals surface area contributed by atoms with Gasteiger partial charge in [-0.1, -0.05) is 0 Å². The Hall–Kier alpha value is -0.460. The summed E-state index contributed by atoms with van der Waals surface area (Å²) in [5, 5.41) is 0. The largest absolute Gasteiger partial charge is 0.429 e. The number of rotatable bonds is 0. The molecule has 0 aromatic carbocycles. The second-order valence-electron chi connectivity index (χ2n) is 2.49. The van der Waals surface area contributed by atoms with E-state index in [2.05, 4.69) is 4.74 Å². The van der Waals surface area contributed by atoms with E-state index in [1.165, 1.54) is 0 Å². The van der Waals surface area contributed by atoms with Crippen molar-refractivity contribution in [2.45, 2.75) is 31.0 Å². The zero-order valence-electron chi connectivity index (χ0n) is 5.75. The van der Waals surface area contributed by atoms with Crippen LogP contribution in [0.5, 0.6) is 0 Å². The van der Waals surface area contributed by atoms with Crippen molar-refractivity contribution in [3.63, 3.8) is 0 Å². The highest BCUT2D eigenvalue weighted by atomic mass is 19.4. The van der Waals surface area contributed by atoms with Gasteiger partial charge in [-0.3, -0.25) is 0 Å². The molecule has 7 heteroatoms. The number of epoxide rings is 1. The maximum atomic E-state index is 11.8. The molecule has 1 atom stereocenters. The van der Waals surface area contributed by atoms with E-state index in [-0.39, 0.29) is 0 Å². The number of hydrogen-bond acceptors (Lipinski definition) is 1. The molecule has 0 unspecified atom stereocenters. The Morgan fingerprint density at radius 1 is 1.00 bits per heavy atom. The highest BCUT2D eigenvalue weighted by Gasteiger charge is 2.85. The SMILES string of the molecule is C[C@@H]1OC1(C(F)(F)F)C(F)(F)F. The minimum absolute atomic E-state index is 0.737. The molecule has 0 aromatic heterocycles. The summed E-state index contributed by atoms with van der Waals surface area (Å²) in [6.07, 6.45) is -12.6. The van der Waals surface area contributed by atoms with Crippen LogP contribution in [0.25, 0.3) is 0 Å². The standard InChI is InChI=1S/C5H4F6O/c1-2-3(12-2,4(6,7)8)5(9,10)11/h2H,1H3/t2-/m0/s1. The second-order valence-corrected chi connectivity index (χ2v) is 2.49. The summed E-state index contributed by atoms with van der Waals surface area (Å²) in [7, 11) is 0. The third-order valence-corrected chi connectivity index (χ3v) is 1.72. The van der Waals surface area contributed by atoms with Crippen LogP contribution in [0.15, 0.2) is 0 Å². The molecule has 0 saturated carbocycles. The number of alkyl halides is 6. The molecule has 1 saturated heterocycles. The van der Waals surface area contributed by atoms with Gasteiger partial charge in [0, 0.05) is 0 Å². The molecule has 12 heavy (non-hydrogen) atoms. The van der Waals surface area contributed by atoms with Crippen molar-refractivity contribution in [1.29, 1.82) is 0 Å². The zero-order valence-corrected chi connectivity index (χ0v) is 5.75. The molecular weight excluding hydrogens is 190 g/mol. The fourth-order valence-corrected chi connectivity index (χ4v) is 1.00. The lowest BCUT2D eigenvalue weighted by molar-refractivity contribution is -0.292. The van der Waals surface area contributed by atoms with Crippen molar-refractivity contribution in [2.24, 2.45) is 0 Å². The van der Waals surface area contributed by atoms with Crippen LogP contribution < -0.4 is 0 Å². The first-order chi connectivity index (χ1) is 5.13. The lowest BCUT2D eigenvalue weighted by Gasteiger charge is -2.19. The lowest BCUT2D eigenvalue weighted by Crippen LogP contribution is -2.47. The molecule has 1 nitrogen and oxygen atoms in total. The minimum atomic E-state index is -5.38. The summed E-state index contributed by atoms with van der Waals surface area (Å²) >= 11 is 0. The number of hydrogen-bond donors (Lipinski definition) is 0. The van der Waals surface area contributed by atoms with Crippen LogP contribution in [0.4, 0.5) is 26.3 Å². The highest BCUT2D eigenvalue weighted by molar-refractivity contribution is 5.11. The van der Waals surface area contributed by atoms with Crippen molar-refractivity contribution in [1.82, 2.24) is 0 Å². The molecular formula is C5H4F6O. The van der Waals surface area contributed by atoms with E-state index in [1.54, 1.807) is 0 Å². The van der Waals surface area contributed by atoms with Gasteiger partial charge in [-0.15, -0.1) is 0 Å². The third kappa shape index (κ3) is 0.988. The van der Waals surface area contributed by atoms with Gasteiger partial charge in [-0.2, -0.15) is 26.3 Å². The molecule has 1 aliphatic rings. The van der Waals surface area contributed by atoms with Gasteiger partial charge in [-0.05, 0) is 6.92 Å². The van der Waals surface area contributed by atoms with Crippen LogP contribution in [-0.2, 0) is 4.74 Å². The molecule has 0 aliphatic carbocycles. The van der Waals surface area contributed by atoms with Crippen molar-refractivity contribution < 1.29 is 31.1 Å². The molecule has 0 bridgehead atoms. The molecule has 72 valence electrons. The summed E-state index contributed by atoms with van der Waals surface area (Å²) in [5.74, 6) is 0. The smallest absolute Gasteiger partial charge is 0.349 e.